The van der Waals surface area contributed by atoms with E-state index in [4.69, 9.17) is 4.74 Å². The lowest BCUT2D eigenvalue weighted by Crippen LogP contribution is -2.39. The number of para-hydroxylation sites is 1. The molecule has 0 radical (unpaired) electrons. The molecule has 98 valence electrons. The normalized spacial score (nSPS) is 27.2. The second-order valence-electron chi connectivity index (χ2n) is 5.49. The third-order valence-electron chi connectivity index (χ3n) is 4.14. The molecule has 0 aliphatic carbocycles. The quantitative estimate of drug-likeness (QED) is 0.874. The van der Waals surface area contributed by atoms with Gasteiger partial charge in [-0.25, -0.2) is 0 Å². The van der Waals surface area contributed by atoms with Crippen LogP contribution in [0.3, 0.4) is 0 Å². The molecular formula is C15H22N2O. The Balaban J connectivity index is 1.43. The van der Waals surface area contributed by atoms with Crippen LogP contribution in [-0.4, -0.2) is 43.7 Å². The van der Waals surface area contributed by atoms with E-state index in [1.165, 1.54) is 24.9 Å². The van der Waals surface area contributed by atoms with Crippen molar-refractivity contribution in [3.05, 3.63) is 29.8 Å². The Morgan fingerprint density at radius 3 is 3.00 bits per heavy atom. The van der Waals surface area contributed by atoms with Crippen LogP contribution in [0.2, 0.25) is 0 Å². The molecule has 3 rings (SSSR count). The lowest BCUT2D eigenvalue weighted by molar-refractivity contribution is 0.219. The van der Waals surface area contributed by atoms with Crippen molar-refractivity contribution in [1.29, 1.82) is 0 Å². The molecule has 0 amide bonds. The highest BCUT2D eigenvalue weighted by molar-refractivity contribution is 5.37. The van der Waals surface area contributed by atoms with Gasteiger partial charge in [-0.2, -0.15) is 0 Å². The zero-order valence-corrected chi connectivity index (χ0v) is 11.1. The monoisotopic (exact) mass is 246 g/mol. The molecule has 1 saturated heterocycles. The molecular weight excluding hydrogens is 224 g/mol. The first kappa shape index (κ1) is 12.0. The van der Waals surface area contributed by atoms with Gasteiger partial charge in [-0.05, 0) is 38.1 Å². The molecule has 2 atom stereocenters. The summed E-state index contributed by atoms with van der Waals surface area (Å²) >= 11 is 0. The second-order valence-corrected chi connectivity index (χ2v) is 5.49. The summed E-state index contributed by atoms with van der Waals surface area (Å²) in [5.41, 5.74) is 1.35. The molecule has 0 spiro atoms. The first-order valence-corrected chi connectivity index (χ1v) is 6.98. The van der Waals surface area contributed by atoms with E-state index in [1.54, 1.807) is 0 Å². The van der Waals surface area contributed by atoms with Crippen LogP contribution < -0.4 is 10.1 Å². The molecule has 0 saturated carbocycles. The summed E-state index contributed by atoms with van der Waals surface area (Å²) in [5, 5.41) is 3.57. The van der Waals surface area contributed by atoms with Crippen LogP contribution in [-0.2, 0) is 6.42 Å². The predicted octanol–water partition coefficient (Wildman–Crippen LogP) is 1.67. The molecule has 3 heteroatoms. The first-order valence-electron chi connectivity index (χ1n) is 6.98. The minimum Gasteiger partial charge on any atom is -0.488 e. The van der Waals surface area contributed by atoms with Crippen molar-refractivity contribution >= 4 is 0 Å². The Labute approximate surface area is 109 Å². The standard InChI is InChI=1S/C15H22N2O/c1-17-8-4-6-13(17)10-16-11-14-9-12-5-2-3-7-15(12)18-14/h2-3,5,7,13-14,16H,4,6,8-11H2,1H3. The number of nitrogens with zero attached hydrogens (tertiary/aromatic N) is 1. The molecule has 1 fully saturated rings. The van der Waals surface area contributed by atoms with Gasteiger partial charge in [0, 0.05) is 25.6 Å². The number of hydrogen-bond donors (Lipinski definition) is 1. The maximum Gasteiger partial charge on any atom is 0.123 e. The van der Waals surface area contributed by atoms with Crippen molar-refractivity contribution in [2.45, 2.75) is 31.4 Å². The van der Waals surface area contributed by atoms with E-state index in [1.807, 2.05) is 6.07 Å². The molecule has 0 aromatic heterocycles. The smallest absolute Gasteiger partial charge is 0.123 e. The molecule has 1 aromatic rings. The number of ether oxygens (including phenoxy) is 1. The van der Waals surface area contributed by atoms with E-state index < -0.39 is 0 Å². The molecule has 1 aromatic carbocycles. The van der Waals surface area contributed by atoms with Gasteiger partial charge in [0.25, 0.3) is 0 Å². The maximum atomic E-state index is 5.92. The third kappa shape index (κ3) is 2.52. The zero-order valence-electron chi connectivity index (χ0n) is 11.1. The second kappa shape index (κ2) is 5.29. The molecule has 2 heterocycles. The Hall–Kier alpha value is -1.06. The van der Waals surface area contributed by atoms with Gasteiger partial charge < -0.3 is 15.0 Å². The van der Waals surface area contributed by atoms with E-state index in [2.05, 4.69) is 35.5 Å². The number of likely N-dealkylation sites (N-methyl/N-ethyl adjacent to an activating group) is 1. The summed E-state index contributed by atoms with van der Waals surface area (Å²) in [6.45, 7) is 3.30. The fourth-order valence-corrected chi connectivity index (χ4v) is 3.02. The van der Waals surface area contributed by atoms with Crippen LogP contribution in [0.25, 0.3) is 0 Å². The fourth-order valence-electron chi connectivity index (χ4n) is 3.02. The Morgan fingerprint density at radius 2 is 2.22 bits per heavy atom. The van der Waals surface area contributed by atoms with Crippen LogP contribution in [0.1, 0.15) is 18.4 Å². The number of hydrogen-bond acceptors (Lipinski definition) is 3. The minimum absolute atomic E-state index is 0.314. The van der Waals surface area contributed by atoms with Crippen LogP contribution >= 0.6 is 0 Å². The predicted molar refractivity (Wildman–Crippen MR) is 73.1 cm³/mol. The summed E-state index contributed by atoms with van der Waals surface area (Å²) in [5.74, 6) is 1.07. The average Bonchev–Trinajstić information content (AvgIpc) is 2.96. The van der Waals surface area contributed by atoms with Crippen LogP contribution in [0.5, 0.6) is 5.75 Å². The number of rotatable bonds is 4. The van der Waals surface area contributed by atoms with Crippen molar-refractivity contribution in [3.63, 3.8) is 0 Å². The van der Waals surface area contributed by atoms with Crippen molar-refractivity contribution in [1.82, 2.24) is 10.2 Å². The van der Waals surface area contributed by atoms with Crippen molar-refractivity contribution in [2.75, 3.05) is 26.7 Å². The Kier molecular flexibility index (Phi) is 3.52. The van der Waals surface area contributed by atoms with Gasteiger partial charge in [0.2, 0.25) is 0 Å². The van der Waals surface area contributed by atoms with Gasteiger partial charge in [-0.3, -0.25) is 0 Å². The minimum atomic E-state index is 0.314. The fraction of sp³-hybridized carbons (Fsp3) is 0.600. The zero-order chi connectivity index (χ0) is 12.4. The van der Waals surface area contributed by atoms with Crippen molar-refractivity contribution in [3.8, 4) is 5.75 Å². The molecule has 2 aliphatic rings. The first-order chi connectivity index (χ1) is 8.83. The SMILES string of the molecule is CN1CCCC1CNCC1Cc2ccccc2O1. The molecule has 2 aliphatic heterocycles. The number of benzene rings is 1. The van der Waals surface area contributed by atoms with Gasteiger partial charge >= 0.3 is 0 Å². The number of nitrogens with one attached hydrogen (secondary N) is 1. The van der Waals surface area contributed by atoms with Gasteiger partial charge in [-0.1, -0.05) is 18.2 Å². The van der Waals surface area contributed by atoms with Crippen LogP contribution in [0.4, 0.5) is 0 Å². The maximum absolute atomic E-state index is 5.92. The van der Waals surface area contributed by atoms with E-state index in [9.17, 15) is 0 Å². The van der Waals surface area contributed by atoms with Crippen LogP contribution in [0.15, 0.2) is 24.3 Å². The summed E-state index contributed by atoms with van der Waals surface area (Å²) in [4.78, 5) is 2.46. The number of likely N-dealkylation sites (tertiary alicyclic amines) is 1. The van der Waals surface area contributed by atoms with Gasteiger partial charge in [0.1, 0.15) is 11.9 Å². The topological polar surface area (TPSA) is 24.5 Å². The highest BCUT2D eigenvalue weighted by Crippen LogP contribution is 2.27. The van der Waals surface area contributed by atoms with E-state index in [0.29, 0.717) is 12.1 Å². The van der Waals surface area contributed by atoms with Gasteiger partial charge in [-0.15, -0.1) is 0 Å². The van der Waals surface area contributed by atoms with E-state index >= 15 is 0 Å². The average molecular weight is 246 g/mol. The molecule has 2 unspecified atom stereocenters. The third-order valence-corrected chi connectivity index (χ3v) is 4.14. The van der Waals surface area contributed by atoms with E-state index in [0.717, 1.165) is 25.3 Å². The number of fused-ring (bicyclic) bond motifs is 1. The Morgan fingerprint density at radius 1 is 1.33 bits per heavy atom. The highest BCUT2D eigenvalue weighted by atomic mass is 16.5. The molecule has 3 nitrogen and oxygen atoms in total. The largest absolute Gasteiger partial charge is 0.488 e. The summed E-state index contributed by atoms with van der Waals surface area (Å²) in [7, 11) is 2.22. The summed E-state index contributed by atoms with van der Waals surface area (Å²) < 4.78 is 5.92. The lowest BCUT2D eigenvalue weighted by Gasteiger charge is -2.20. The lowest BCUT2D eigenvalue weighted by atomic mass is 10.1. The van der Waals surface area contributed by atoms with E-state index in [-0.39, 0.29) is 0 Å². The molecule has 18 heavy (non-hydrogen) atoms. The van der Waals surface area contributed by atoms with Crippen LogP contribution in [0, 0.1) is 0 Å². The highest BCUT2D eigenvalue weighted by Gasteiger charge is 2.24. The summed E-state index contributed by atoms with van der Waals surface area (Å²) in [6, 6.07) is 9.09. The van der Waals surface area contributed by atoms with Crippen molar-refractivity contribution in [2.24, 2.45) is 0 Å². The van der Waals surface area contributed by atoms with Crippen molar-refractivity contribution < 1.29 is 4.74 Å². The molecule has 0 bridgehead atoms. The van der Waals surface area contributed by atoms with Gasteiger partial charge in [0.05, 0.1) is 0 Å². The molecule has 1 N–H and O–H groups in total. The van der Waals surface area contributed by atoms with Gasteiger partial charge in [0.15, 0.2) is 0 Å². The Bertz CT molecular complexity index is 382. The summed E-state index contributed by atoms with van der Waals surface area (Å²) in [6.07, 6.45) is 4.03.